The molecule has 1 heterocycles. The summed E-state index contributed by atoms with van der Waals surface area (Å²) in [6.45, 7) is 3.76. The Balaban J connectivity index is 1.92. The first-order chi connectivity index (χ1) is 9.69. The van der Waals surface area contributed by atoms with E-state index in [4.69, 9.17) is 11.6 Å². The van der Waals surface area contributed by atoms with Gasteiger partial charge in [0.05, 0.1) is 23.6 Å². The molecule has 7 heteroatoms. The van der Waals surface area contributed by atoms with Crippen molar-refractivity contribution in [1.29, 1.82) is 0 Å². The highest BCUT2D eigenvalue weighted by atomic mass is 35.5. The lowest BCUT2D eigenvalue weighted by Crippen LogP contribution is -2.48. The fraction of sp³-hybridized carbons (Fsp3) is 0.500. The number of nitrogens with one attached hydrogen (secondary N) is 2. The quantitative estimate of drug-likeness (QED) is 0.882. The van der Waals surface area contributed by atoms with Crippen LogP contribution in [0.4, 0.5) is 5.69 Å². The summed E-state index contributed by atoms with van der Waals surface area (Å²) in [5.74, 6) is -0.0963. The van der Waals surface area contributed by atoms with Gasteiger partial charge in [0.2, 0.25) is 5.91 Å². The molecule has 0 saturated carbocycles. The number of benzene rings is 1. The van der Waals surface area contributed by atoms with Crippen molar-refractivity contribution in [2.75, 3.05) is 23.4 Å². The van der Waals surface area contributed by atoms with Crippen molar-refractivity contribution in [2.24, 2.45) is 0 Å². The summed E-state index contributed by atoms with van der Waals surface area (Å²) in [4.78, 5) is 12.0. The third kappa shape index (κ3) is 4.35. The second-order valence-electron chi connectivity index (χ2n) is 5.76. The van der Waals surface area contributed by atoms with Gasteiger partial charge in [0.15, 0.2) is 9.84 Å². The van der Waals surface area contributed by atoms with Crippen LogP contribution in [-0.2, 0) is 14.6 Å². The van der Waals surface area contributed by atoms with Crippen LogP contribution in [-0.4, -0.2) is 37.9 Å². The molecule has 1 fully saturated rings. The largest absolute Gasteiger partial charge is 0.376 e. The molecule has 21 heavy (non-hydrogen) atoms. The van der Waals surface area contributed by atoms with E-state index in [1.807, 2.05) is 13.0 Å². The molecule has 0 radical (unpaired) electrons. The molecule has 1 aromatic carbocycles. The summed E-state index contributed by atoms with van der Waals surface area (Å²) in [6, 6.07) is 5.41. The zero-order chi connectivity index (χ0) is 15.7. The van der Waals surface area contributed by atoms with E-state index in [1.54, 1.807) is 19.1 Å². The molecule has 0 aromatic heterocycles. The van der Waals surface area contributed by atoms with Crippen molar-refractivity contribution in [2.45, 2.75) is 25.8 Å². The van der Waals surface area contributed by atoms with E-state index in [2.05, 4.69) is 10.6 Å². The molecule has 1 aliphatic rings. The van der Waals surface area contributed by atoms with E-state index < -0.39 is 15.4 Å². The summed E-state index contributed by atoms with van der Waals surface area (Å²) in [5, 5.41) is 6.42. The van der Waals surface area contributed by atoms with Gasteiger partial charge in [-0.05, 0) is 38.0 Å². The smallest absolute Gasteiger partial charge is 0.239 e. The Bertz CT molecular complexity index is 660. The molecule has 5 nitrogen and oxygen atoms in total. The number of anilines is 1. The van der Waals surface area contributed by atoms with Crippen LogP contribution in [0.15, 0.2) is 18.2 Å². The maximum atomic E-state index is 12.0. The normalized spacial score (nSPS) is 23.8. The van der Waals surface area contributed by atoms with Gasteiger partial charge in [-0.25, -0.2) is 8.42 Å². The number of hydrogen-bond donors (Lipinski definition) is 2. The Kier molecular flexibility index (Phi) is 4.49. The van der Waals surface area contributed by atoms with Crippen LogP contribution in [0.2, 0.25) is 5.02 Å². The summed E-state index contributed by atoms with van der Waals surface area (Å²) in [7, 11) is -3.03. The Morgan fingerprint density at radius 2 is 2.14 bits per heavy atom. The number of carbonyl (C=O) groups is 1. The molecule has 2 N–H and O–H groups in total. The molecule has 1 aliphatic heterocycles. The van der Waals surface area contributed by atoms with Crippen molar-refractivity contribution in [3.05, 3.63) is 28.8 Å². The van der Waals surface area contributed by atoms with E-state index in [9.17, 15) is 13.2 Å². The van der Waals surface area contributed by atoms with Crippen molar-refractivity contribution >= 4 is 33.0 Å². The number of rotatable bonds is 4. The summed E-state index contributed by atoms with van der Waals surface area (Å²) >= 11 is 5.92. The predicted octanol–water partition coefficient (Wildman–Crippen LogP) is 1.75. The molecule has 1 atom stereocenters. The van der Waals surface area contributed by atoms with Crippen LogP contribution in [0.5, 0.6) is 0 Å². The van der Waals surface area contributed by atoms with Gasteiger partial charge in [-0.3, -0.25) is 4.79 Å². The van der Waals surface area contributed by atoms with Crippen LogP contribution in [0.1, 0.15) is 18.9 Å². The minimum Gasteiger partial charge on any atom is -0.376 e. The van der Waals surface area contributed by atoms with E-state index in [0.29, 0.717) is 11.4 Å². The molecule has 0 spiro atoms. The average molecular weight is 331 g/mol. The first-order valence-corrected chi connectivity index (χ1v) is 8.91. The van der Waals surface area contributed by atoms with Gasteiger partial charge in [0.1, 0.15) is 0 Å². The molecule has 0 bridgehead atoms. The fourth-order valence-electron chi connectivity index (χ4n) is 2.45. The number of sulfone groups is 1. The Hall–Kier alpha value is -1.27. The maximum Gasteiger partial charge on any atom is 0.239 e. The van der Waals surface area contributed by atoms with Crippen LogP contribution in [0, 0.1) is 6.92 Å². The summed E-state index contributed by atoms with van der Waals surface area (Å²) in [5.41, 5.74) is 1.12. The molecular formula is C14H19ClN2O3S. The standard InChI is InChI=1S/C14H19ClN2O3S/c1-10-3-4-11(15)7-12(10)16-8-13(18)17-14(2)5-6-21(19,20)9-14/h3-4,7,16H,5-6,8-9H2,1-2H3,(H,17,18). The molecule has 1 amide bonds. The summed E-state index contributed by atoms with van der Waals surface area (Å²) in [6.07, 6.45) is 0.456. The molecule has 1 aromatic rings. The summed E-state index contributed by atoms with van der Waals surface area (Å²) < 4.78 is 23.0. The molecule has 116 valence electrons. The van der Waals surface area contributed by atoms with Crippen molar-refractivity contribution in [3.63, 3.8) is 0 Å². The Morgan fingerprint density at radius 1 is 1.43 bits per heavy atom. The van der Waals surface area contributed by atoms with E-state index in [0.717, 1.165) is 11.3 Å². The highest BCUT2D eigenvalue weighted by molar-refractivity contribution is 7.91. The highest BCUT2D eigenvalue weighted by Crippen LogP contribution is 2.23. The number of halogens is 1. The Morgan fingerprint density at radius 3 is 2.76 bits per heavy atom. The van der Waals surface area contributed by atoms with Gasteiger partial charge in [-0.15, -0.1) is 0 Å². The predicted molar refractivity (Wildman–Crippen MR) is 84.5 cm³/mol. The first-order valence-electron chi connectivity index (χ1n) is 6.71. The van der Waals surface area contributed by atoms with Gasteiger partial charge in [0.25, 0.3) is 0 Å². The number of aryl methyl sites for hydroxylation is 1. The van der Waals surface area contributed by atoms with Gasteiger partial charge in [-0.2, -0.15) is 0 Å². The SMILES string of the molecule is Cc1ccc(Cl)cc1NCC(=O)NC1(C)CCS(=O)(=O)C1. The van der Waals surface area contributed by atoms with Crippen molar-refractivity contribution < 1.29 is 13.2 Å². The first kappa shape index (κ1) is 16.1. The Labute approximate surface area is 130 Å². The number of hydrogen-bond acceptors (Lipinski definition) is 4. The molecule has 2 rings (SSSR count). The zero-order valence-corrected chi connectivity index (χ0v) is 13.6. The lowest BCUT2D eigenvalue weighted by Gasteiger charge is -2.24. The minimum absolute atomic E-state index is 0.00192. The monoisotopic (exact) mass is 330 g/mol. The van der Waals surface area contributed by atoms with Crippen LogP contribution >= 0.6 is 11.6 Å². The second-order valence-corrected chi connectivity index (χ2v) is 8.38. The van der Waals surface area contributed by atoms with Crippen molar-refractivity contribution in [3.8, 4) is 0 Å². The fourth-order valence-corrected chi connectivity index (χ4v) is 4.72. The molecular weight excluding hydrogens is 312 g/mol. The minimum atomic E-state index is -3.03. The van der Waals surface area contributed by atoms with E-state index >= 15 is 0 Å². The zero-order valence-electron chi connectivity index (χ0n) is 12.1. The van der Waals surface area contributed by atoms with Crippen LogP contribution < -0.4 is 10.6 Å². The van der Waals surface area contributed by atoms with Crippen LogP contribution in [0.25, 0.3) is 0 Å². The second kappa shape index (κ2) is 5.85. The average Bonchev–Trinajstić information content (AvgIpc) is 2.64. The topological polar surface area (TPSA) is 75.3 Å². The number of carbonyl (C=O) groups excluding carboxylic acids is 1. The van der Waals surface area contributed by atoms with E-state index in [1.165, 1.54) is 0 Å². The molecule has 1 unspecified atom stereocenters. The van der Waals surface area contributed by atoms with Gasteiger partial charge in [-0.1, -0.05) is 17.7 Å². The maximum absolute atomic E-state index is 12.0. The molecule has 0 aliphatic carbocycles. The molecule has 1 saturated heterocycles. The lowest BCUT2D eigenvalue weighted by molar-refractivity contribution is -0.120. The lowest BCUT2D eigenvalue weighted by atomic mass is 10.0. The van der Waals surface area contributed by atoms with E-state index in [-0.39, 0.29) is 24.0 Å². The third-order valence-electron chi connectivity index (χ3n) is 3.58. The van der Waals surface area contributed by atoms with Crippen molar-refractivity contribution in [1.82, 2.24) is 5.32 Å². The number of amides is 1. The van der Waals surface area contributed by atoms with Crippen LogP contribution in [0.3, 0.4) is 0 Å². The van der Waals surface area contributed by atoms with Gasteiger partial charge < -0.3 is 10.6 Å². The van der Waals surface area contributed by atoms with Gasteiger partial charge >= 0.3 is 0 Å². The third-order valence-corrected chi connectivity index (χ3v) is 5.72. The van der Waals surface area contributed by atoms with Gasteiger partial charge in [0, 0.05) is 10.7 Å². The highest BCUT2D eigenvalue weighted by Gasteiger charge is 2.39.